The Bertz CT molecular complexity index is 658. The number of ether oxygens (including phenoxy) is 1. The lowest BCUT2D eigenvalue weighted by molar-refractivity contribution is -0.142. The first-order valence-corrected chi connectivity index (χ1v) is 6.48. The molecule has 9 heteroatoms. The second-order valence-corrected chi connectivity index (χ2v) is 4.72. The van der Waals surface area contributed by atoms with Gasteiger partial charge in [-0.25, -0.2) is 0 Å². The van der Waals surface area contributed by atoms with E-state index in [1.807, 2.05) is 0 Å². The molecule has 0 radical (unpaired) electrons. The minimum Gasteiger partial charge on any atom is -0.482 e. The number of aromatic nitrogens is 2. The highest BCUT2D eigenvalue weighted by atomic mass is 35.5. The molecular formula is C13H11ClF3N3O2. The molecule has 0 aliphatic carbocycles. The van der Waals surface area contributed by atoms with Crippen molar-refractivity contribution in [2.45, 2.75) is 12.7 Å². The number of rotatable bonds is 5. The van der Waals surface area contributed by atoms with Crippen LogP contribution in [-0.2, 0) is 11.3 Å². The van der Waals surface area contributed by atoms with Crippen molar-refractivity contribution in [2.75, 3.05) is 11.9 Å². The molecule has 2 aromatic rings. The SMILES string of the molecule is O=C(COc1ccccc1Cl)Nc1cnn(CC(F)(F)F)c1. The molecule has 0 fully saturated rings. The maximum absolute atomic E-state index is 12.2. The Morgan fingerprint density at radius 2 is 2.09 bits per heavy atom. The third-order valence-corrected chi connectivity index (χ3v) is 2.77. The van der Waals surface area contributed by atoms with Crippen LogP contribution in [0.3, 0.4) is 0 Å². The molecular weight excluding hydrogens is 323 g/mol. The summed E-state index contributed by atoms with van der Waals surface area (Å²) in [7, 11) is 0. The molecule has 0 spiro atoms. The van der Waals surface area contributed by atoms with Gasteiger partial charge in [-0.2, -0.15) is 18.3 Å². The van der Waals surface area contributed by atoms with Gasteiger partial charge in [0, 0.05) is 6.20 Å². The van der Waals surface area contributed by atoms with Crippen molar-refractivity contribution in [1.82, 2.24) is 9.78 Å². The minimum atomic E-state index is -4.37. The number of nitrogens with zero attached hydrogens (tertiary/aromatic N) is 2. The van der Waals surface area contributed by atoms with Gasteiger partial charge in [-0.15, -0.1) is 0 Å². The minimum absolute atomic E-state index is 0.150. The average molecular weight is 334 g/mol. The van der Waals surface area contributed by atoms with Crippen LogP contribution in [0.2, 0.25) is 5.02 Å². The van der Waals surface area contributed by atoms with Gasteiger partial charge in [-0.3, -0.25) is 9.48 Å². The van der Waals surface area contributed by atoms with Gasteiger partial charge in [-0.05, 0) is 12.1 Å². The first kappa shape index (κ1) is 16.2. The van der Waals surface area contributed by atoms with Gasteiger partial charge in [-0.1, -0.05) is 23.7 Å². The summed E-state index contributed by atoms with van der Waals surface area (Å²) in [4.78, 5) is 11.7. The fourth-order valence-corrected chi connectivity index (χ4v) is 1.79. The van der Waals surface area contributed by atoms with Crippen LogP contribution in [-0.4, -0.2) is 28.5 Å². The highest BCUT2D eigenvalue weighted by molar-refractivity contribution is 6.32. The quantitative estimate of drug-likeness (QED) is 0.914. The maximum atomic E-state index is 12.2. The largest absolute Gasteiger partial charge is 0.482 e. The molecule has 1 aromatic heterocycles. The van der Waals surface area contributed by atoms with E-state index in [1.165, 1.54) is 0 Å². The van der Waals surface area contributed by atoms with Crippen LogP contribution in [0.1, 0.15) is 0 Å². The van der Waals surface area contributed by atoms with Gasteiger partial charge in [0.05, 0.1) is 16.9 Å². The number of alkyl halides is 3. The Balaban J connectivity index is 1.86. The van der Waals surface area contributed by atoms with E-state index < -0.39 is 18.6 Å². The Morgan fingerprint density at radius 1 is 1.36 bits per heavy atom. The zero-order valence-corrected chi connectivity index (χ0v) is 11.9. The van der Waals surface area contributed by atoms with Crippen molar-refractivity contribution in [3.8, 4) is 5.75 Å². The number of carbonyl (C=O) groups is 1. The highest BCUT2D eigenvalue weighted by Crippen LogP contribution is 2.23. The third-order valence-electron chi connectivity index (χ3n) is 2.45. The number of amides is 1. The molecule has 0 unspecified atom stereocenters. The summed E-state index contributed by atoms with van der Waals surface area (Å²) in [6.07, 6.45) is -2.17. The van der Waals surface area contributed by atoms with Crippen molar-refractivity contribution in [1.29, 1.82) is 0 Å². The van der Waals surface area contributed by atoms with E-state index in [-0.39, 0.29) is 12.3 Å². The second kappa shape index (κ2) is 6.69. The van der Waals surface area contributed by atoms with Crippen LogP contribution >= 0.6 is 11.6 Å². The topological polar surface area (TPSA) is 56.1 Å². The summed E-state index contributed by atoms with van der Waals surface area (Å²) < 4.78 is 42.4. The number of halogens is 4. The molecule has 1 aromatic carbocycles. The zero-order valence-electron chi connectivity index (χ0n) is 11.1. The number of hydrogen-bond donors (Lipinski definition) is 1. The average Bonchev–Trinajstić information content (AvgIpc) is 2.82. The van der Waals surface area contributed by atoms with Gasteiger partial charge >= 0.3 is 6.18 Å². The Labute approximate surface area is 128 Å². The van der Waals surface area contributed by atoms with Crippen LogP contribution in [0.15, 0.2) is 36.7 Å². The van der Waals surface area contributed by atoms with E-state index in [9.17, 15) is 18.0 Å². The molecule has 1 heterocycles. The number of carbonyl (C=O) groups excluding carboxylic acids is 1. The van der Waals surface area contributed by atoms with Crippen molar-refractivity contribution in [3.63, 3.8) is 0 Å². The number of anilines is 1. The molecule has 22 heavy (non-hydrogen) atoms. The molecule has 1 amide bonds. The summed E-state index contributed by atoms with van der Waals surface area (Å²) in [5.41, 5.74) is 0.150. The van der Waals surface area contributed by atoms with E-state index in [2.05, 4.69) is 10.4 Å². The fraction of sp³-hybridized carbons (Fsp3) is 0.231. The monoisotopic (exact) mass is 333 g/mol. The summed E-state index contributed by atoms with van der Waals surface area (Å²) in [6, 6.07) is 6.61. The normalized spacial score (nSPS) is 11.3. The molecule has 0 saturated heterocycles. The molecule has 118 valence electrons. The van der Waals surface area contributed by atoms with E-state index in [1.54, 1.807) is 24.3 Å². The Hall–Kier alpha value is -2.22. The van der Waals surface area contributed by atoms with Crippen molar-refractivity contribution in [3.05, 3.63) is 41.7 Å². The van der Waals surface area contributed by atoms with E-state index in [4.69, 9.17) is 16.3 Å². The van der Waals surface area contributed by atoms with Crippen LogP contribution in [0, 0.1) is 0 Å². The first-order chi connectivity index (χ1) is 10.3. The van der Waals surface area contributed by atoms with E-state index in [0.717, 1.165) is 12.4 Å². The summed E-state index contributed by atoms with van der Waals surface area (Å²) in [6.45, 7) is -1.55. The van der Waals surface area contributed by atoms with Crippen molar-refractivity contribution in [2.24, 2.45) is 0 Å². The standard InChI is InChI=1S/C13H11ClF3N3O2/c14-10-3-1-2-4-11(10)22-7-12(21)19-9-5-18-20(6-9)8-13(15,16)17/h1-6H,7-8H2,(H,19,21). The number of para-hydroxylation sites is 1. The zero-order chi connectivity index (χ0) is 16.2. The molecule has 2 rings (SSSR count). The summed E-state index contributed by atoms with van der Waals surface area (Å²) in [5.74, 6) is -0.196. The Kier molecular flexibility index (Phi) is 4.92. The lowest BCUT2D eigenvalue weighted by atomic mass is 10.3. The summed E-state index contributed by atoms with van der Waals surface area (Å²) >= 11 is 5.86. The third kappa shape index (κ3) is 4.96. The van der Waals surface area contributed by atoms with Crippen molar-refractivity contribution < 1.29 is 22.7 Å². The number of hydrogen-bond acceptors (Lipinski definition) is 3. The van der Waals surface area contributed by atoms with Crippen LogP contribution in [0.4, 0.5) is 18.9 Å². The van der Waals surface area contributed by atoms with Gasteiger partial charge in [0.2, 0.25) is 0 Å². The number of nitrogens with one attached hydrogen (secondary N) is 1. The maximum Gasteiger partial charge on any atom is 0.408 e. The molecule has 0 atom stereocenters. The molecule has 5 nitrogen and oxygen atoms in total. The predicted octanol–water partition coefficient (Wildman–Crippen LogP) is 3.12. The van der Waals surface area contributed by atoms with E-state index in [0.29, 0.717) is 15.5 Å². The molecule has 0 aliphatic rings. The smallest absolute Gasteiger partial charge is 0.408 e. The molecule has 0 saturated carbocycles. The lowest BCUT2D eigenvalue weighted by Crippen LogP contribution is -2.20. The molecule has 0 aliphatic heterocycles. The van der Waals surface area contributed by atoms with Crippen LogP contribution in [0.25, 0.3) is 0 Å². The molecule has 0 bridgehead atoms. The lowest BCUT2D eigenvalue weighted by Gasteiger charge is -2.07. The van der Waals surface area contributed by atoms with E-state index >= 15 is 0 Å². The van der Waals surface area contributed by atoms with Crippen LogP contribution in [0.5, 0.6) is 5.75 Å². The first-order valence-electron chi connectivity index (χ1n) is 6.10. The van der Waals surface area contributed by atoms with Gasteiger partial charge in [0.25, 0.3) is 5.91 Å². The van der Waals surface area contributed by atoms with Crippen LogP contribution < -0.4 is 10.1 Å². The van der Waals surface area contributed by atoms with Crippen molar-refractivity contribution >= 4 is 23.2 Å². The van der Waals surface area contributed by atoms with Gasteiger partial charge < -0.3 is 10.1 Å². The fourth-order valence-electron chi connectivity index (χ4n) is 1.60. The highest BCUT2D eigenvalue weighted by Gasteiger charge is 2.28. The molecule has 1 N–H and O–H groups in total. The predicted molar refractivity (Wildman–Crippen MR) is 73.9 cm³/mol. The Morgan fingerprint density at radius 3 is 2.77 bits per heavy atom. The van der Waals surface area contributed by atoms with Gasteiger partial charge in [0.15, 0.2) is 6.61 Å². The van der Waals surface area contributed by atoms with Gasteiger partial charge in [0.1, 0.15) is 12.3 Å². The number of benzene rings is 1. The second-order valence-electron chi connectivity index (χ2n) is 4.31. The summed E-state index contributed by atoms with van der Waals surface area (Å²) in [5, 5.41) is 6.24.